The molecule has 0 spiro atoms. The van der Waals surface area contributed by atoms with Crippen LogP contribution in [0, 0.1) is 10.1 Å². The number of carbonyl (C=O) groups is 1. The Morgan fingerprint density at radius 3 is 2.40 bits per heavy atom. The summed E-state index contributed by atoms with van der Waals surface area (Å²) in [5, 5.41) is 10.9. The minimum absolute atomic E-state index is 0.125. The highest BCUT2D eigenvalue weighted by atomic mass is 19.1. The molecule has 0 heterocycles. The maximum atomic E-state index is 12.0. The van der Waals surface area contributed by atoms with Crippen LogP contribution in [0.4, 0.5) is 15.8 Å². The molecule has 0 bridgehead atoms. The lowest BCUT2D eigenvalue weighted by molar-refractivity contribution is -0.384. The highest BCUT2D eigenvalue weighted by Crippen LogP contribution is 2.17. The van der Waals surface area contributed by atoms with Crippen molar-refractivity contribution < 1.29 is 14.1 Å². The summed E-state index contributed by atoms with van der Waals surface area (Å²) in [6, 6.07) is 4.90. The van der Waals surface area contributed by atoms with Crippen LogP contribution in [0.2, 0.25) is 0 Å². The number of halogens is 1. The Bertz CT molecular complexity index is 379. The predicted octanol–water partition coefficient (Wildman–Crippen LogP) is 0.771. The predicted molar refractivity (Wildman–Crippen MR) is 50.7 cm³/mol. The fourth-order valence-electron chi connectivity index (χ4n) is 0.943. The lowest BCUT2D eigenvalue weighted by Crippen LogP contribution is -2.38. The summed E-state index contributed by atoms with van der Waals surface area (Å²) in [7, 11) is 0. The number of alkyl halides is 1. The van der Waals surface area contributed by atoms with Crippen LogP contribution in [-0.2, 0) is 4.79 Å². The van der Waals surface area contributed by atoms with Gasteiger partial charge in [0.1, 0.15) is 0 Å². The van der Waals surface area contributed by atoms with Gasteiger partial charge in [-0.1, -0.05) is 0 Å². The Balaban J connectivity index is 2.89. The van der Waals surface area contributed by atoms with Gasteiger partial charge in [0, 0.05) is 12.1 Å². The van der Waals surface area contributed by atoms with Crippen LogP contribution in [-0.4, -0.2) is 17.5 Å². The SMILES string of the molecule is NN(C(=O)CF)c1ccc([N+](=O)[O-])cc1. The molecule has 0 aliphatic carbocycles. The largest absolute Gasteiger partial charge is 0.272 e. The third kappa shape index (κ3) is 2.47. The van der Waals surface area contributed by atoms with Crippen LogP contribution in [0.25, 0.3) is 0 Å². The molecular weight excluding hydrogens is 205 g/mol. The summed E-state index contributed by atoms with van der Waals surface area (Å²) in [5.74, 6) is 4.34. The van der Waals surface area contributed by atoms with Crippen LogP contribution in [0.3, 0.4) is 0 Å². The molecule has 0 aliphatic heterocycles. The number of nitrogens with two attached hydrogens (primary N) is 1. The number of amides is 1. The van der Waals surface area contributed by atoms with E-state index < -0.39 is 17.5 Å². The Morgan fingerprint density at radius 1 is 1.47 bits per heavy atom. The summed E-state index contributed by atoms with van der Waals surface area (Å²) in [6.45, 7) is -1.21. The molecule has 80 valence electrons. The van der Waals surface area contributed by atoms with Gasteiger partial charge in [-0.05, 0) is 12.1 Å². The van der Waals surface area contributed by atoms with E-state index in [1.165, 1.54) is 24.3 Å². The van der Waals surface area contributed by atoms with Crippen molar-refractivity contribution in [3.05, 3.63) is 34.4 Å². The zero-order valence-electron chi connectivity index (χ0n) is 7.59. The van der Waals surface area contributed by atoms with Crippen molar-refractivity contribution in [1.29, 1.82) is 0 Å². The van der Waals surface area contributed by atoms with E-state index in [4.69, 9.17) is 5.84 Å². The van der Waals surface area contributed by atoms with E-state index >= 15 is 0 Å². The molecule has 2 N–H and O–H groups in total. The van der Waals surface area contributed by atoms with Crippen molar-refractivity contribution in [2.24, 2.45) is 5.84 Å². The Hall–Kier alpha value is -2.02. The molecule has 6 nitrogen and oxygen atoms in total. The van der Waals surface area contributed by atoms with E-state index in [1.54, 1.807) is 0 Å². The van der Waals surface area contributed by atoms with Crippen LogP contribution >= 0.6 is 0 Å². The van der Waals surface area contributed by atoms with Crippen LogP contribution in [0.5, 0.6) is 0 Å². The maximum absolute atomic E-state index is 12.0. The zero-order chi connectivity index (χ0) is 11.4. The second-order valence-corrected chi connectivity index (χ2v) is 2.67. The molecule has 7 heteroatoms. The summed E-state index contributed by atoms with van der Waals surface area (Å²) < 4.78 is 12.0. The normalized spacial score (nSPS) is 9.73. The van der Waals surface area contributed by atoms with E-state index in [1.807, 2.05) is 0 Å². The molecule has 0 aliphatic rings. The van der Waals surface area contributed by atoms with Gasteiger partial charge in [0.05, 0.1) is 10.6 Å². The van der Waals surface area contributed by atoms with Crippen molar-refractivity contribution in [3.8, 4) is 0 Å². The van der Waals surface area contributed by atoms with Gasteiger partial charge in [0.2, 0.25) is 0 Å². The highest BCUT2D eigenvalue weighted by Gasteiger charge is 2.12. The molecule has 0 saturated carbocycles. The monoisotopic (exact) mass is 213 g/mol. The molecule has 0 atom stereocenters. The van der Waals surface area contributed by atoms with Gasteiger partial charge < -0.3 is 0 Å². The number of anilines is 1. The van der Waals surface area contributed by atoms with Crippen molar-refractivity contribution in [1.82, 2.24) is 0 Å². The molecule has 15 heavy (non-hydrogen) atoms. The standard InChI is InChI=1S/C8H8FN3O3/c9-5-8(13)11(10)6-1-3-7(4-2-6)12(14)15/h1-4H,5,10H2. The molecule has 1 aromatic carbocycles. The lowest BCUT2D eigenvalue weighted by Gasteiger charge is -2.13. The molecule has 0 radical (unpaired) electrons. The highest BCUT2D eigenvalue weighted by molar-refractivity contribution is 5.93. The molecule has 1 aromatic rings. The fraction of sp³-hybridized carbons (Fsp3) is 0.125. The Kier molecular flexibility index (Phi) is 3.29. The number of hydrazine groups is 1. The fourth-order valence-corrected chi connectivity index (χ4v) is 0.943. The number of nitro benzene ring substituents is 1. The van der Waals surface area contributed by atoms with Gasteiger partial charge in [0.15, 0.2) is 6.67 Å². The van der Waals surface area contributed by atoms with Crippen molar-refractivity contribution >= 4 is 17.3 Å². The summed E-state index contributed by atoms with van der Waals surface area (Å²) in [6.07, 6.45) is 0. The molecule has 0 aromatic heterocycles. The number of carbonyl (C=O) groups excluding carboxylic acids is 1. The van der Waals surface area contributed by atoms with Crippen molar-refractivity contribution in [3.63, 3.8) is 0 Å². The second-order valence-electron chi connectivity index (χ2n) is 2.67. The molecular formula is C8H8FN3O3. The molecule has 0 saturated heterocycles. The minimum Gasteiger partial charge on any atom is -0.270 e. The number of rotatable bonds is 3. The van der Waals surface area contributed by atoms with Crippen LogP contribution < -0.4 is 10.9 Å². The number of hydrogen-bond acceptors (Lipinski definition) is 4. The van der Waals surface area contributed by atoms with E-state index in [-0.39, 0.29) is 11.4 Å². The minimum atomic E-state index is -1.21. The number of nitro groups is 1. The first-order valence-electron chi connectivity index (χ1n) is 3.94. The number of non-ortho nitro benzene ring substituents is 1. The molecule has 0 unspecified atom stereocenters. The smallest absolute Gasteiger partial charge is 0.270 e. The van der Waals surface area contributed by atoms with Gasteiger partial charge in [-0.3, -0.25) is 14.9 Å². The van der Waals surface area contributed by atoms with E-state index in [0.29, 0.717) is 5.01 Å². The van der Waals surface area contributed by atoms with Crippen LogP contribution in [0.1, 0.15) is 0 Å². The van der Waals surface area contributed by atoms with Gasteiger partial charge >= 0.3 is 0 Å². The number of hydrogen-bond donors (Lipinski definition) is 1. The lowest BCUT2D eigenvalue weighted by atomic mass is 10.3. The summed E-state index contributed by atoms with van der Waals surface area (Å²) >= 11 is 0. The zero-order valence-corrected chi connectivity index (χ0v) is 7.59. The number of benzene rings is 1. The van der Waals surface area contributed by atoms with E-state index in [9.17, 15) is 19.3 Å². The summed E-state index contributed by atoms with van der Waals surface area (Å²) in [5.41, 5.74) is 0.0723. The maximum Gasteiger partial charge on any atom is 0.272 e. The first-order valence-corrected chi connectivity index (χ1v) is 3.94. The average Bonchev–Trinajstić information content (AvgIpc) is 2.27. The Morgan fingerprint density at radius 2 is 2.00 bits per heavy atom. The molecule has 1 amide bonds. The van der Waals surface area contributed by atoms with E-state index in [2.05, 4.69) is 0 Å². The van der Waals surface area contributed by atoms with Crippen molar-refractivity contribution in [2.75, 3.05) is 11.7 Å². The first-order chi connectivity index (χ1) is 7.06. The van der Waals surface area contributed by atoms with Gasteiger partial charge in [-0.25, -0.2) is 15.2 Å². The van der Waals surface area contributed by atoms with Crippen molar-refractivity contribution in [2.45, 2.75) is 0 Å². The topological polar surface area (TPSA) is 89.5 Å². The molecule has 0 fully saturated rings. The second kappa shape index (κ2) is 4.47. The van der Waals surface area contributed by atoms with Crippen LogP contribution in [0.15, 0.2) is 24.3 Å². The average molecular weight is 213 g/mol. The van der Waals surface area contributed by atoms with Gasteiger partial charge in [-0.2, -0.15) is 0 Å². The number of nitrogens with zero attached hydrogens (tertiary/aromatic N) is 2. The quantitative estimate of drug-likeness (QED) is 0.347. The van der Waals surface area contributed by atoms with Gasteiger partial charge in [0.25, 0.3) is 11.6 Å². The van der Waals surface area contributed by atoms with Gasteiger partial charge in [-0.15, -0.1) is 0 Å². The summed E-state index contributed by atoms with van der Waals surface area (Å²) in [4.78, 5) is 20.5. The first kappa shape index (κ1) is 11.1. The molecule has 1 rings (SSSR count). The Labute approximate surface area is 84.2 Å². The third-order valence-electron chi connectivity index (χ3n) is 1.72. The van der Waals surface area contributed by atoms with E-state index in [0.717, 1.165) is 0 Å². The third-order valence-corrected chi connectivity index (χ3v) is 1.72.